The third kappa shape index (κ3) is 2.96. The topological polar surface area (TPSA) is 51.1 Å². The molecule has 0 spiro atoms. The minimum atomic E-state index is -0.228. The van der Waals surface area contributed by atoms with Crippen LogP contribution < -0.4 is 10.6 Å². The summed E-state index contributed by atoms with van der Waals surface area (Å²) in [5.41, 5.74) is 1.82. The van der Waals surface area contributed by atoms with Gasteiger partial charge in [-0.15, -0.1) is 0 Å². The maximum Gasteiger partial charge on any atom is 0.134 e. The van der Waals surface area contributed by atoms with Gasteiger partial charge in [0.05, 0.1) is 12.6 Å². The van der Waals surface area contributed by atoms with Crippen LogP contribution in [0.25, 0.3) is 11.3 Å². The fourth-order valence-corrected chi connectivity index (χ4v) is 3.27. The molecule has 0 saturated carbocycles. The third-order valence-corrected chi connectivity index (χ3v) is 4.48. The van der Waals surface area contributed by atoms with Gasteiger partial charge in [0.25, 0.3) is 0 Å². The highest BCUT2D eigenvalue weighted by atomic mass is 19.1. The lowest BCUT2D eigenvalue weighted by molar-refractivity contribution is 0.120. The van der Waals surface area contributed by atoms with Gasteiger partial charge >= 0.3 is 0 Å². The summed E-state index contributed by atoms with van der Waals surface area (Å²) in [6, 6.07) is 6.54. The Morgan fingerprint density at radius 1 is 1.35 bits per heavy atom. The second-order valence-corrected chi connectivity index (χ2v) is 6.08. The van der Waals surface area contributed by atoms with Crippen LogP contribution in [0.4, 0.5) is 10.2 Å². The smallest absolute Gasteiger partial charge is 0.134 e. The number of hydrogen-bond donors (Lipinski definition) is 2. The Morgan fingerprint density at radius 3 is 3.00 bits per heavy atom. The predicted octanol–water partition coefficient (Wildman–Crippen LogP) is 2.38. The molecule has 0 radical (unpaired) electrons. The van der Waals surface area contributed by atoms with Crippen molar-refractivity contribution in [2.24, 2.45) is 0 Å². The molecule has 2 aromatic rings. The lowest BCUT2D eigenvalue weighted by Crippen LogP contribution is -2.29. The molecular weight excluding hydrogens is 295 g/mol. The number of benzene rings is 1. The number of nitrogens with zero attached hydrogens (tertiary/aromatic N) is 2. The largest absolute Gasteiger partial charge is 0.376 e. The standard InChI is InChI=1S/C17H21FN4O/c18-13-5-3-12(4-6-13)16-17(20-10-14-2-1-9-23-14)22-8-7-19-11-15(22)21-16/h3-6,14,19-20H,1-2,7-11H2. The van der Waals surface area contributed by atoms with E-state index in [0.717, 1.165) is 68.5 Å². The van der Waals surface area contributed by atoms with Crippen molar-refractivity contribution in [2.75, 3.05) is 25.0 Å². The first-order valence-electron chi connectivity index (χ1n) is 8.23. The molecule has 1 aromatic heterocycles. The summed E-state index contributed by atoms with van der Waals surface area (Å²) in [7, 11) is 0. The third-order valence-electron chi connectivity index (χ3n) is 4.48. The Kier molecular flexibility index (Phi) is 4.01. The molecule has 2 aliphatic heterocycles. The Morgan fingerprint density at radius 2 is 2.22 bits per heavy atom. The van der Waals surface area contributed by atoms with E-state index >= 15 is 0 Å². The van der Waals surface area contributed by atoms with Crippen LogP contribution in [0.15, 0.2) is 24.3 Å². The number of fused-ring (bicyclic) bond motifs is 1. The minimum Gasteiger partial charge on any atom is -0.376 e. The molecule has 0 bridgehead atoms. The van der Waals surface area contributed by atoms with Crippen LogP contribution in [0.3, 0.4) is 0 Å². The lowest BCUT2D eigenvalue weighted by atomic mass is 10.1. The fourth-order valence-electron chi connectivity index (χ4n) is 3.27. The molecule has 5 nitrogen and oxygen atoms in total. The maximum atomic E-state index is 13.2. The normalized spacial score (nSPS) is 20.5. The molecular formula is C17H21FN4O. The molecule has 1 unspecified atom stereocenters. The summed E-state index contributed by atoms with van der Waals surface area (Å²) in [6.07, 6.45) is 2.50. The monoisotopic (exact) mass is 316 g/mol. The van der Waals surface area contributed by atoms with Crippen LogP contribution >= 0.6 is 0 Å². The van der Waals surface area contributed by atoms with Crippen molar-refractivity contribution < 1.29 is 9.13 Å². The Balaban J connectivity index is 1.66. The predicted molar refractivity (Wildman–Crippen MR) is 86.8 cm³/mol. The molecule has 4 rings (SSSR count). The number of anilines is 1. The van der Waals surface area contributed by atoms with Crippen molar-refractivity contribution in [3.63, 3.8) is 0 Å². The first-order valence-corrected chi connectivity index (χ1v) is 8.23. The van der Waals surface area contributed by atoms with Gasteiger partial charge in [-0.05, 0) is 37.1 Å². The second kappa shape index (κ2) is 6.29. The first kappa shape index (κ1) is 14.7. The maximum absolute atomic E-state index is 13.2. The molecule has 122 valence electrons. The number of ether oxygens (including phenoxy) is 1. The van der Waals surface area contributed by atoms with E-state index in [1.807, 2.05) is 0 Å². The van der Waals surface area contributed by atoms with Gasteiger partial charge in [0.2, 0.25) is 0 Å². The number of nitrogens with one attached hydrogen (secondary N) is 2. The van der Waals surface area contributed by atoms with E-state index in [2.05, 4.69) is 15.2 Å². The van der Waals surface area contributed by atoms with E-state index in [1.54, 1.807) is 12.1 Å². The number of rotatable bonds is 4. The molecule has 0 aliphatic carbocycles. The lowest BCUT2D eigenvalue weighted by Gasteiger charge is -2.19. The van der Waals surface area contributed by atoms with Gasteiger partial charge in [-0.3, -0.25) is 0 Å². The summed E-state index contributed by atoms with van der Waals surface area (Å²) in [5.74, 6) is 1.81. The Bertz CT molecular complexity index is 677. The molecule has 2 N–H and O–H groups in total. The van der Waals surface area contributed by atoms with Crippen molar-refractivity contribution in [1.82, 2.24) is 14.9 Å². The van der Waals surface area contributed by atoms with Crippen LogP contribution in [0, 0.1) is 5.82 Å². The summed E-state index contributed by atoms with van der Waals surface area (Å²) < 4.78 is 21.1. The van der Waals surface area contributed by atoms with Gasteiger partial charge in [0, 0.05) is 31.8 Å². The van der Waals surface area contributed by atoms with Crippen LogP contribution in [0.5, 0.6) is 0 Å². The molecule has 3 heterocycles. The van der Waals surface area contributed by atoms with E-state index in [4.69, 9.17) is 9.72 Å². The molecule has 2 aliphatic rings. The molecule has 6 heteroatoms. The van der Waals surface area contributed by atoms with Crippen molar-refractivity contribution in [1.29, 1.82) is 0 Å². The zero-order chi connectivity index (χ0) is 15.6. The highest BCUT2D eigenvalue weighted by molar-refractivity contribution is 5.73. The van der Waals surface area contributed by atoms with Gasteiger partial charge in [-0.1, -0.05) is 0 Å². The van der Waals surface area contributed by atoms with Crippen LogP contribution in [0.2, 0.25) is 0 Å². The highest BCUT2D eigenvalue weighted by Crippen LogP contribution is 2.30. The van der Waals surface area contributed by atoms with Crippen molar-refractivity contribution in [2.45, 2.75) is 32.0 Å². The quantitative estimate of drug-likeness (QED) is 0.909. The van der Waals surface area contributed by atoms with Crippen molar-refractivity contribution in [3.05, 3.63) is 35.9 Å². The van der Waals surface area contributed by atoms with Gasteiger partial charge in [0.15, 0.2) is 0 Å². The summed E-state index contributed by atoms with van der Waals surface area (Å²) >= 11 is 0. The molecule has 1 aromatic carbocycles. The Labute approximate surface area is 134 Å². The van der Waals surface area contributed by atoms with Gasteiger partial charge < -0.3 is 19.9 Å². The molecule has 0 amide bonds. The van der Waals surface area contributed by atoms with E-state index in [-0.39, 0.29) is 11.9 Å². The van der Waals surface area contributed by atoms with Gasteiger partial charge in [-0.25, -0.2) is 9.37 Å². The Hall–Kier alpha value is -1.92. The molecule has 23 heavy (non-hydrogen) atoms. The zero-order valence-corrected chi connectivity index (χ0v) is 13.0. The minimum absolute atomic E-state index is 0.228. The highest BCUT2D eigenvalue weighted by Gasteiger charge is 2.22. The summed E-state index contributed by atoms with van der Waals surface area (Å²) in [4.78, 5) is 4.77. The molecule has 1 atom stereocenters. The number of halogens is 1. The average Bonchev–Trinajstić information content (AvgIpc) is 3.21. The second-order valence-electron chi connectivity index (χ2n) is 6.08. The van der Waals surface area contributed by atoms with E-state index in [9.17, 15) is 4.39 Å². The van der Waals surface area contributed by atoms with Crippen molar-refractivity contribution in [3.8, 4) is 11.3 Å². The van der Waals surface area contributed by atoms with E-state index in [0.29, 0.717) is 0 Å². The summed E-state index contributed by atoms with van der Waals surface area (Å²) in [5, 5.41) is 6.87. The molecule has 1 fully saturated rings. The number of hydrogen-bond acceptors (Lipinski definition) is 4. The zero-order valence-electron chi connectivity index (χ0n) is 13.0. The van der Waals surface area contributed by atoms with Crippen LogP contribution in [-0.4, -0.2) is 35.4 Å². The van der Waals surface area contributed by atoms with E-state index in [1.165, 1.54) is 12.1 Å². The van der Waals surface area contributed by atoms with Crippen molar-refractivity contribution >= 4 is 5.82 Å². The van der Waals surface area contributed by atoms with Gasteiger partial charge in [-0.2, -0.15) is 0 Å². The molecule has 1 saturated heterocycles. The SMILES string of the molecule is Fc1ccc(-c2nc3n(c2NCC2CCCO2)CCNC3)cc1. The fraction of sp³-hybridized carbons (Fsp3) is 0.471. The van der Waals surface area contributed by atoms with Crippen LogP contribution in [0.1, 0.15) is 18.7 Å². The number of aromatic nitrogens is 2. The van der Waals surface area contributed by atoms with Gasteiger partial charge in [0.1, 0.15) is 23.2 Å². The van der Waals surface area contributed by atoms with Crippen LogP contribution in [-0.2, 0) is 17.8 Å². The average molecular weight is 316 g/mol. The summed E-state index contributed by atoms with van der Waals surface area (Å²) in [6.45, 7) is 4.21. The number of imidazole rings is 1. The van der Waals surface area contributed by atoms with E-state index < -0.39 is 0 Å². The first-order chi connectivity index (χ1) is 11.3.